The van der Waals surface area contributed by atoms with Crippen LogP contribution < -0.4 is 5.32 Å². The van der Waals surface area contributed by atoms with Gasteiger partial charge in [-0.2, -0.15) is 0 Å². The summed E-state index contributed by atoms with van der Waals surface area (Å²) >= 11 is 0. The van der Waals surface area contributed by atoms with Gasteiger partial charge in [-0.05, 0) is 25.7 Å². The van der Waals surface area contributed by atoms with Crippen LogP contribution in [0.4, 0.5) is 0 Å². The second kappa shape index (κ2) is 10.3. The number of hydrogen-bond acceptors (Lipinski definition) is 4. The van der Waals surface area contributed by atoms with Gasteiger partial charge in [0.25, 0.3) is 0 Å². The third-order valence-electron chi connectivity index (χ3n) is 7.33. The summed E-state index contributed by atoms with van der Waals surface area (Å²) in [6, 6.07) is 0. The molecule has 1 unspecified atom stereocenters. The fourth-order valence-electron chi connectivity index (χ4n) is 5.61. The van der Waals surface area contributed by atoms with Gasteiger partial charge in [0.2, 0.25) is 0 Å². The first kappa shape index (κ1) is 22.6. The van der Waals surface area contributed by atoms with Crippen LogP contribution in [0.3, 0.4) is 0 Å². The number of aliphatic imine (C=N–C) groups is 1. The zero-order valence-electron chi connectivity index (χ0n) is 17.6. The van der Waals surface area contributed by atoms with Gasteiger partial charge in [-0.25, -0.2) is 0 Å². The van der Waals surface area contributed by atoms with Crippen molar-refractivity contribution in [3.05, 3.63) is 0 Å². The van der Waals surface area contributed by atoms with Crippen LogP contribution in [0.1, 0.15) is 44.9 Å². The average Bonchev–Trinajstić information content (AvgIpc) is 3.34. The van der Waals surface area contributed by atoms with Crippen molar-refractivity contribution in [3.63, 3.8) is 0 Å². The zero-order valence-corrected chi connectivity index (χ0v) is 19.9. The smallest absolute Gasteiger partial charge is 0.193 e. The van der Waals surface area contributed by atoms with Gasteiger partial charge in [0.05, 0.1) is 19.8 Å². The van der Waals surface area contributed by atoms with E-state index in [1.165, 1.54) is 51.5 Å². The van der Waals surface area contributed by atoms with Gasteiger partial charge < -0.3 is 19.7 Å². The zero-order chi connectivity index (χ0) is 18.6. The number of morpholine rings is 1. The molecule has 28 heavy (non-hydrogen) atoms. The molecule has 3 saturated heterocycles. The van der Waals surface area contributed by atoms with Crippen LogP contribution in [0.25, 0.3) is 0 Å². The van der Waals surface area contributed by atoms with E-state index >= 15 is 0 Å². The minimum Gasteiger partial charge on any atom is -0.381 e. The van der Waals surface area contributed by atoms with Crippen LogP contribution in [-0.4, -0.2) is 88.5 Å². The van der Waals surface area contributed by atoms with Crippen LogP contribution in [-0.2, 0) is 9.47 Å². The Hall–Kier alpha value is -0.120. The van der Waals surface area contributed by atoms with Gasteiger partial charge in [0, 0.05) is 63.8 Å². The van der Waals surface area contributed by atoms with E-state index in [1.807, 2.05) is 7.05 Å². The maximum Gasteiger partial charge on any atom is 0.193 e. The molecule has 1 atom stereocenters. The van der Waals surface area contributed by atoms with Crippen molar-refractivity contribution in [3.8, 4) is 0 Å². The summed E-state index contributed by atoms with van der Waals surface area (Å²) in [7, 11) is 1.94. The summed E-state index contributed by atoms with van der Waals surface area (Å²) in [5.74, 6) is 1.10. The average molecular weight is 506 g/mol. The molecule has 3 heterocycles. The Kier molecular flexibility index (Phi) is 8.27. The maximum absolute atomic E-state index is 5.70. The Morgan fingerprint density at radius 1 is 0.964 bits per heavy atom. The number of likely N-dealkylation sites (tertiary alicyclic amines) is 1. The first-order valence-electron chi connectivity index (χ1n) is 11.1. The van der Waals surface area contributed by atoms with Gasteiger partial charge in [-0.3, -0.25) is 9.89 Å². The van der Waals surface area contributed by atoms with E-state index in [1.54, 1.807) is 0 Å². The fraction of sp³-hybridized carbons (Fsp3) is 0.952. The SMILES string of the molecule is CN=C(NCC1(CN2CCOCC2)CCCCC1)N1CCC2(CCOC2)C1.I. The van der Waals surface area contributed by atoms with Crippen LogP contribution in [0.15, 0.2) is 4.99 Å². The number of rotatable bonds is 4. The number of nitrogens with zero attached hydrogens (tertiary/aromatic N) is 3. The van der Waals surface area contributed by atoms with Crippen molar-refractivity contribution in [2.45, 2.75) is 44.9 Å². The molecule has 0 amide bonds. The van der Waals surface area contributed by atoms with E-state index in [0.29, 0.717) is 10.8 Å². The lowest BCUT2D eigenvalue weighted by Crippen LogP contribution is -2.51. The molecule has 3 aliphatic heterocycles. The summed E-state index contributed by atoms with van der Waals surface area (Å²) in [6.45, 7) is 10.3. The lowest BCUT2D eigenvalue weighted by atomic mass is 9.73. The van der Waals surface area contributed by atoms with E-state index < -0.39 is 0 Å². The molecular formula is C21H39IN4O2. The number of ether oxygens (including phenoxy) is 2. The maximum atomic E-state index is 5.70. The molecule has 1 N–H and O–H groups in total. The molecular weight excluding hydrogens is 467 g/mol. The van der Waals surface area contributed by atoms with Crippen molar-refractivity contribution < 1.29 is 9.47 Å². The summed E-state index contributed by atoms with van der Waals surface area (Å²) in [4.78, 5) is 9.74. The van der Waals surface area contributed by atoms with E-state index in [-0.39, 0.29) is 24.0 Å². The first-order valence-corrected chi connectivity index (χ1v) is 11.1. The Bertz CT molecular complexity index is 513. The molecule has 4 rings (SSSR count). The van der Waals surface area contributed by atoms with Gasteiger partial charge >= 0.3 is 0 Å². The Labute approximate surface area is 187 Å². The van der Waals surface area contributed by atoms with E-state index in [9.17, 15) is 0 Å². The van der Waals surface area contributed by atoms with Gasteiger partial charge in [0.1, 0.15) is 0 Å². The molecule has 6 nitrogen and oxygen atoms in total. The Balaban J connectivity index is 0.00000225. The van der Waals surface area contributed by atoms with Crippen molar-refractivity contribution in [2.24, 2.45) is 15.8 Å². The summed E-state index contributed by atoms with van der Waals surface area (Å²) in [5.41, 5.74) is 0.771. The highest BCUT2D eigenvalue weighted by Crippen LogP contribution is 2.39. The lowest BCUT2D eigenvalue weighted by molar-refractivity contribution is 0.00809. The molecule has 4 aliphatic rings. The lowest BCUT2D eigenvalue weighted by Gasteiger charge is -2.43. The highest BCUT2D eigenvalue weighted by atomic mass is 127. The molecule has 0 aromatic carbocycles. The minimum absolute atomic E-state index is 0. The molecule has 0 aromatic heterocycles. The highest BCUT2D eigenvalue weighted by Gasteiger charge is 2.42. The number of hydrogen-bond donors (Lipinski definition) is 1. The van der Waals surface area contributed by atoms with Gasteiger partial charge in [-0.1, -0.05) is 19.3 Å². The molecule has 0 aromatic rings. The standard InChI is InChI=1S/C21H38N4O2.HI/c1-22-19(25-9-7-21(17-25)8-12-27-18-21)23-15-20(5-3-2-4-6-20)16-24-10-13-26-14-11-24;/h2-18H2,1H3,(H,22,23);1H. The monoisotopic (exact) mass is 506 g/mol. The fourth-order valence-corrected chi connectivity index (χ4v) is 5.61. The molecule has 1 aliphatic carbocycles. The Morgan fingerprint density at radius 3 is 2.43 bits per heavy atom. The summed E-state index contributed by atoms with van der Waals surface area (Å²) < 4.78 is 11.3. The van der Waals surface area contributed by atoms with Crippen LogP contribution >= 0.6 is 24.0 Å². The third kappa shape index (κ3) is 5.32. The van der Waals surface area contributed by atoms with Crippen molar-refractivity contribution in [1.29, 1.82) is 0 Å². The van der Waals surface area contributed by atoms with E-state index in [2.05, 4.69) is 20.1 Å². The van der Waals surface area contributed by atoms with Crippen LogP contribution in [0, 0.1) is 10.8 Å². The predicted molar refractivity (Wildman–Crippen MR) is 124 cm³/mol. The third-order valence-corrected chi connectivity index (χ3v) is 7.33. The number of nitrogens with one attached hydrogen (secondary N) is 1. The number of guanidine groups is 1. The van der Waals surface area contributed by atoms with E-state index in [0.717, 1.165) is 65.1 Å². The number of halogens is 1. The quantitative estimate of drug-likeness (QED) is 0.361. The van der Waals surface area contributed by atoms with Gasteiger partial charge in [0.15, 0.2) is 5.96 Å². The topological polar surface area (TPSA) is 49.3 Å². The second-order valence-electron chi connectivity index (χ2n) is 9.32. The molecule has 0 bridgehead atoms. The predicted octanol–water partition coefficient (Wildman–Crippen LogP) is 2.57. The van der Waals surface area contributed by atoms with Gasteiger partial charge in [-0.15, -0.1) is 24.0 Å². The summed E-state index contributed by atoms with van der Waals surface area (Å²) in [5, 5.41) is 3.80. The molecule has 162 valence electrons. The van der Waals surface area contributed by atoms with Crippen LogP contribution in [0.5, 0.6) is 0 Å². The highest BCUT2D eigenvalue weighted by molar-refractivity contribution is 14.0. The minimum atomic E-state index is 0. The Morgan fingerprint density at radius 2 is 1.75 bits per heavy atom. The van der Waals surface area contributed by atoms with Crippen molar-refractivity contribution in [1.82, 2.24) is 15.1 Å². The summed E-state index contributed by atoms with van der Waals surface area (Å²) in [6.07, 6.45) is 9.27. The molecule has 1 spiro atoms. The second-order valence-corrected chi connectivity index (χ2v) is 9.32. The molecule has 4 fully saturated rings. The van der Waals surface area contributed by atoms with Crippen molar-refractivity contribution in [2.75, 3.05) is 72.7 Å². The van der Waals surface area contributed by atoms with E-state index in [4.69, 9.17) is 9.47 Å². The first-order chi connectivity index (χ1) is 13.2. The molecule has 1 saturated carbocycles. The van der Waals surface area contributed by atoms with Crippen molar-refractivity contribution >= 4 is 29.9 Å². The normalized spacial score (nSPS) is 31.2. The molecule has 0 radical (unpaired) electrons. The molecule has 7 heteroatoms. The van der Waals surface area contributed by atoms with Crippen LogP contribution in [0.2, 0.25) is 0 Å². The largest absolute Gasteiger partial charge is 0.381 e.